The third kappa shape index (κ3) is 2.07. The van der Waals surface area contributed by atoms with E-state index in [1.165, 1.54) is 6.26 Å². The van der Waals surface area contributed by atoms with E-state index in [4.69, 9.17) is 13.3 Å². The average molecular weight is 262 g/mol. The standard InChI is InChI=1S/C11H6N2O4S/c14-6-7-3-4-9(16-7)18-11-13-12-10(17-11)8-2-1-5-15-8/h1-6H. The zero-order chi connectivity index (χ0) is 12.4. The van der Waals surface area contributed by atoms with Crippen molar-refractivity contribution in [3.05, 3.63) is 36.3 Å². The highest BCUT2D eigenvalue weighted by Crippen LogP contribution is 2.30. The molecule has 7 heteroatoms. The monoisotopic (exact) mass is 262 g/mol. The van der Waals surface area contributed by atoms with E-state index in [-0.39, 0.29) is 5.76 Å². The number of furan rings is 2. The van der Waals surface area contributed by atoms with Crippen molar-refractivity contribution >= 4 is 18.0 Å². The van der Waals surface area contributed by atoms with Crippen LogP contribution in [0.1, 0.15) is 10.6 Å². The Balaban J connectivity index is 1.79. The Labute approximate surface area is 105 Å². The van der Waals surface area contributed by atoms with E-state index in [1.807, 2.05) is 0 Å². The number of nitrogens with zero attached hydrogens (tertiary/aromatic N) is 2. The molecule has 0 N–H and O–H groups in total. The number of rotatable bonds is 4. The number of carbonyl (C=O) groups excluding carboxylic acids is 1. The van der Waals surface area contributed by atoms with Gasteiger partial charge >= 0.3 is 0 Å². The van der Waals surface area contributed by atoms with Gasteiger partial charge in [-0.2, -0.15) is 0 Å². The van der Waals surface area contributed by atoms with Crippen LogP contribution in [0.2, 0.25) is 0 Å². The Morgan fingerprint density at radius 1 is 1.17 bits per heavy atom. The van der Waals surface area contributed by atoms with Gasteiger partial charge < -0.3 is 13.3 Å². The molecule has 3 aromatic rings. The molecule has 3 heterocycles. The van der Waals surface area contributed by atoms with Gasteiger partial charge in [-0.15, -0.1) is 10.2 Å². The highest BCUT2D eigenvalue weighted by atomic mass is 32.2. The molecule has 0 bridgehead atoms. The fraction of sp³-hybridized carbons (Fsp3) is 0. The molecule has 0 fully saturated rings. The van der Waals surface area contributed by atoms with Gasteiger partial charge in [0.15, 0.2) is 22.9 Å². The first kappa shape index (κ1) is 10.8. The van der Waals surface area contributed by atoms with Gasteiger partial charge in [-0.25, -0.2) is 0 Å². The van der Waals surface area contributed by atoms with Crippen molar-refractivity contribution in [2.75, 3.05) is 0 Å². The van der Waals surface area contributed by atoms with Gasteiger partial charge in [-0.1, -0.05) is 0 Å². The quantitative estimate of drug-likeness (QED) is 0.668. The molecule has 0 unspecified atom stereocenters. The number of aromatic nitrogens is 2. The minimum absolute atomic E-state index is 0.253. The molecule has 0 aliphatic carbocycles. The summed E-state index contributed by atoms with van der Waals surface area (Å²) in [5, 5.41) is 8.50. The van der Waals surface area contributed by atoms with Crippen molar-refractivity contribution in [1.82, 2.24) is 10.2 Å². The van der Waals surface area contributed by atoms with Crippen LogP contribution >= 0.6 is 11.8 Å². The summed E-state index contributed by atoms with van der Waals surface area (Å²) in [6.45, 7) is 0. The van der Waals surface area contributed by atoms with Crippen LogP contribution in [0.3, 0.4) is 0 Å². The zero-order valence-corrected chi connectivity index (χ0v) is 9.72. The molecular weight excluding hydrogens is 256 g/mol. The van der Waals surface area contributed by atoms with Crippen LogP contribution in [0.4, 0.5) is 0 Å². The first-order chi connectivity index (χ1) is 8.85. The molecule has 0 aliphatic heterocycles. The molecule has 0 aromatic carbocycles. The van der Waals surface area contributed by atoms with Gasteiger partial charge in [0.1, 0.15) is 0 Å². The van der Waals surface area contributed by atoms with Crippen molar-refractivity contribution in [2.24, 2.45) is 0 Å². The highest BCUT2D eigenvalue weighted by Gasteiger charge is 2.13. The Bertz CT molecular complexity index is 656. The Morgan fingerprint density at radius 3 is 2.83 bits per heavy atom. The van der Waals surface area contributed by atoms with Crippen LogP contribution in [0.5, 0.6) is 0 Å². The third-order valence-electron chi connectivity index (χ3n) is 2.04. The lowest BCUT2D eigenvalue weighted by molar-refractivity contribution is 0.109. The second-order valence-corrected chi connectivity index (χ2v) is 4.18. The molecule has 0 aliphatic rings. The third-order valence-corrected chi connectivity index (χ3v) is 2.80. The van der Waals surface area contributed by atoms with E-state index in [2.05, 4.69) is 10.2 Å². The summed E-state index contributed by atoms with van der Waals surface area (Å²) in [7, 11) is 0. The van der Waals surface area contributed by atoms with Crippen LogP contribution in [-0.2, 0) is 0 Å². The van der Waals surface area contributed by atoms with E-state index in [1.54, 1.807) is 24.3 Å². The van der Waals surface area contributed by atoms with Gasteiger partial charge in [-0.3, -0.25) is 4.79 Å². The van der Waals surface area contributed by atoms with E-state index >= 15 is 0 Å². The smallest absolute Gasteiger partial charge is 0.284 e. The van der Waals surface area contributed by atoms with Crippen LogP contribution in [0.15, 0.2) is 54.1 Å². The first-order valence-electron chi connectivity index (χ1n) is 4.95. The Morgan fingerprint density at radius 2 is 2.11 bits per heavy atom. The van der Waals surface area contributed by atoms with Gasteiger partial charge in [0.2, 0.25) is 0 Å². The SMILES string of the molecule is O=Cc1ccc(Sc2nnc(-c3ccco3)o2)o1. The van der Waals surface area contributed by atoms with Crippen molar-refractivity contribution < 1.29 is 18.0 Å². The van der Waals surface area contributed by atoms with Gasteiger partial charge in [-0.05, 0) is 24.3 Å². The van der Waals surface area contributed by atoms with Crippen molar-refractivity contribution in [2.45, 2.75) is 10.3 Å². The van der Waals surface area contributed by atoms with Crippen LogP contribution in [-0.4, -0.2) is 16.5 Å². The maximum atomic E-state index is 10.5. The lowest BCUT2D eigenvalue weighted by Gasteiger charge is -1.89. The zero-order valence-electron chi connectivity index (χ0n) is 8.90. The van der Waals surface area contributed by atoms with Crippen molar-refractivity contribution in [1.29, 1.82) is 0 Å². The molecule has 0 radical (unpaired) electrons. The maximum Gasteiger partial charge on any atom is 0.284 e. The summed E-state index contributed by atoms with van der Waals surface area (Å²) >= 11 is 1.13. The number of hydrogen-bond acceptors (Lipinski definition) is 7. The van der Waals surface area contributed by atoms with Crippen molar-refractivity contribution in [3.63, 3.8) is 0 Å². The predicted octanol–water partition coefficient (Wildman–Crippen LogP) is 2.89. The first-order valence-corrected chi connectivity index (χ1v) is 5.77. The van der Waals surface area contributed by atoms with E-state index < -0.39 is 0 Å². The summed E-state index contributed by atoms with van der Waals surface area (Å²) in [4.78, 5) is 10.5. The van der Waals surface area contributed by atoms with Gasteiger partial charge in [0, 0.05) is 11.8 Å². The number of hydrogen-bond donors (Lipinski definition) is 0. The molecule has 0 spiro atoms. The summed E-state index contributed by atoms with van der Waals surface area (Å²) in [5.74, 6) is 1.05. The molecule has 90 valence electrons. The molecule has 0 atom stereocenters. The fourth-order valence-corrected chi connectivity index (χ4v) is 1.94. The lowest BCUT2D eigenvalue weighted by Crippen LogP contribution is -1.72. The van der Waals surface area contributed by atoms with Gasteiger partial charge in [0.05, 0.1) is 6.26 Å². The molecule has 6 nitrogen and oxygen atoms in total. The highest BCUT2D eigenvalue weighted by molar-refractivity contribution is 7.99. The minimum atomic E-state index is 0.253. The molecule has 0 amide bonds. The Hall–Kier alpha value is -2.28. The molecule has 3 rings (SSSR count). The van der Waals surface area contributed by atoms with E-state index in [9.17, 15) is 4.79 Å². The fourth-order valence-electron chi connectivity index (χ4n) is 1.29. The molecule has 0 saturated carbocycles. The van der Waals surface area contributed by atoms with Crippen LogP contribution in [0.25, 0.3) is 11.7 Å². The predicted molar refractivity (Wildman–Crippen MR) is 60.2 cm³/mol. The molecule has 3 aromatic heterocycles. The second kappa shape index (κ2) is 4.53. The normalized spacial score (nSPS) is 10.7. The average Bonchev–Trinajstić information content (AvgIpc) is 3.10. The molecule has 0 saturated heterocycles. The summed E-state index contributed by atoms with van der Waals surface area (Å²) in [5.41, 5.74) is 0. The summed E-state index contributed by atoms with van der Waals surface area (Å²) in [6, 6.07) is 6.68. The second-order valence-electron chi connectivity index (χ2n) is 3.23. The van der Waals surface area contributed by atoms with E-state index in [0.717, 1.165) is 11.8 Å². The number of carbonyl (C=O) groups is 1. The largest absolute Gasteiger partial charge is 0.459 e. The number of aldehydes is 1. The van der Waals surface area contributed by atoms with Crippen LogP contribution in [0, 0.1) is 0 Å². The Kier molecular flexibility index (Phi) is 2.73. The van der Waals surface area contributed by atoms with Gasteiger partial charge in [0.25, 0.3) is 11.1 Å². The molecular formula is C11H6N2O4S. The summed E-state index contributed by atoms with van der Waals surface area (Å²) < 4.78 is 15.7. The maximum absolute atomic E-state index is 10.5. The van der Waals surface area contributed by atoms with E-state index in [0.29, 0.717) is 28.3 Å². The van der Waals surface area contributed by atoms with Crippen LogP contribution < -0.4 is 0 Å². The summed E-state index contributed by atoms with van der Waals surface area (Å²) in [6.07, 6.45) is 2.15. The minimum Gasteiger partial charge on any atom is -0.459 e. The lowest BCUT2D eigenvalue weighted by atomic mass is 10.5. The van der Waals surface area contributed by atoms with Crippen molar-refractivity contribution in [3.8, 4) is 11.7 Å². The molecule has 18 heavy (non-hydrogen) atoms. The topological polar surface area (TPSA) is 82.3 Å².